The highest BCUT2D eigenvalue weighted by molar-refractivity contribution is 9.10. The van der Waals surface area contributed by atoms with Gasteiger partial charge in [0.2, 0.25) is 5.95 Å². The number of anilines is 1. The van der Waals surface area contributed by atoms with Crippen LogP contribution in [0.5, 0.6) is 0 Å². The van der Waals surface area contributed by atoms with E-state index in [-0.39, 0.29) is 11.6 Å². The lowest BCUT2D eigenvalue weighted by Crippen LogP contribution is -2.16. The number of thiophene rings is 1. The Balaban J connectivity index is 2.09. The number of nitrogens with one attached hydrogen (secondary N) is 2. The van der Waals surface area contributed by atoms with Gasteiger partial charge in [0, 0.05) is 15.4 Å². The highest BCUT2D eigenvalue weighted by atomic mass is 79.9. The molecule has 3 aromatic rings. The molecule has 0 aliphatic heterocycles. The van der Waals surface area contributed by atoms with E-state index in [1.165, 1.54) is 11.3 Å². The normalized spacial score (nSPS) is 11.2. The van der Waals surface area contributed by atoms with Crippen LogP contribution >= 0.6 is 27.3 Å². The van der Waals surface area contributed by atoms with Gasteiger partial charge < -0.3 is 5.32 Å². The third kappa shape index (κ3) is 3.01. The van der Waals surface area contributed by atoms with Gasteiger partial charge in [-0.25, -0.2) is 4.98 Å². The molecule has 0 radical (unpaired) electrons. The van der Waals surface area contributed by atoms with Crippen molar-refractivity contribution in [1.82, 2.24) is 9.97 Å². The summed E-state index contributed by atoms with van der Waals surface area (Å²) in [4.78, 5) is 20.4. The van der Waals surface area contributed by atoms with Gasteiger partial charge in [0.15, 0.2) is 0 Å². The predicted molar refractivity (Wildman–Crippen MR) is 92.1 cm³/mol. The average molecular weight is 364 g/mol. The Morgan fingerprint density at radius 2 is 2.00 bits per heavy atom. The minimum Gasteiger partial charge on any atom is -0.354 e. The lowest BCUT2D eigenvalue weighted by atomic mass is 10.2. The number of hydrogen-bond donors (Lipinski definition) is 2. The van der Waals surface area contributed by atoms with Gasteiger partial charge in [-0.3, -0.25) is 9.78 Å². The number of aromatic amines is 1. The van der Waals surface area contributed by atoms with E-state index in [9.17, 15) is 4.79 Å². The van der Waals surface area contributed by atoms with Crippen LogP contribution in [0.25, 0.3) is 20.7 Å². The molecule has 1 aromatic carbocycles. The maximum absolute atomic E-state index is 12.1. The van der Waals surface area contributed by atoms with Crippen molar-refractivity contribution in [1.29, 1.82) is 0 Å². The number of H-pyrrole nitrogens is 1. The molecule has 4 nitrogen and oxygen atoms in total. The topological polar surface area (TPSA) is 57.8 Å². The third-order valence-electron chi connectivity index (χ3n) is 2.94. The minimum absolute atomic E-state index is 0.100. The Hall–Kier alpha value is -1.66. The van der Waals surface area contributed by atoms with E-state index < -0.39 is 0 Å². The van der Waals surface area contributed by atoms with Crippen LogP contribution in [0.3, 0.4) is 0 Å². The fourth-order valence-corrected chi connectivity index (χ4v) is 3.30. The van der Waals surface area contributed by atoms with Crippen molar-refractivity contribution in [3.05, 3.63) is 45.2 Å². The summed E-state index contributed by atoms with van der Waals surface area (Å²) in [6.45, 7) is 4.01. The molecule has 0 aliphatic carbocycles. The summed E-state index contributed by atoms with van der Waals surface area (Å²) in [6, 6.07) is 10.2. The SMILES string of the molecule is CC(C)Nc1nc2cc(-c3ccc(Br)cc3)sc2c(=O)[nH]1. The molecule has 108 valence electrons. The largest absolute Gasteiger partial charge is 0.354 e. The van der Waals surface area contributed by atoms with E-state index >= 15 is 0 Å². The summed E-state index contributed by atoms with van der Waals surface area (Å²) in [7, 11) is 0. The van der Waals surface area contributed by atoms with Gasteiger partial charge in [0.1, 0.15) is 4.70 Å². The van der Waals surface area contributed by atoms with E-state index in [4.69, 9.17) is 0 Å². The van der Waals surface area contributed by atoms with Crippen LogP contribution in [0.1, 0.15) is 13.8 Å². The Bertz CT molecular complexity index is 836. The third-order valence-corrected chi connectivity index (χ3v) is 4.64. The van der Waals surface area contributed by atoms with Gasteiger partial charge >= 0.3 is 0 Å². The predicted octanol–water partition coefficient (Wildman–Crippen LogP) is 4.23. The fraction of sp³-hybridized carbons (Fsp3) is 0.200. The van der Waals surface area contributed by atoms with Crippen LogP contribution in [0.2, 0.25) is 0 Å². The molecule has 0 amide bonds. The van der Waals surface area contributed by atoms with Crippen molar-refractivity contribution in [2.24, 2.45) is 0 Å². The smallest absolute Gasteiger partial charge is 0.270 e. The molecule has 0 atom stereocenters. The monoisotopic (exact) mass is 363 g/mol. The van der Waals surface area contributed by atoms with Gasteiger partial charge in [-0.1, -0.05) is 28.1 Å². The van der Waals surface area contributed by atoms with E-state index in [1.54, 1.807) is 0 Å². The number of nitrogens with zero attached hydrogens (tertiary/aromatic N) is 1. The number of benzene rings is 1. The molecule has 6 heteroatoms. The Morgan fingerprint density at radius 1 is 1.29 bits per heavy atom. The fourth-order valence-electron chi connectivity index (χ4n) is 2.04. The molecule has 2 aromatic heterocycles. The lowest BCUT2D eigenvalue weighted by molar-refractivity contribution is 0.875. The second-order valence-corrected chi connectivity index (χ2v) is 7.01. The van der Waals surface area contributed by atoms with Crippen LogP contribution in [0.15, 0.2) is 39.6 Å². The van der Waals surface area contributed by atoms with E-state index in [0.29, 0.717) is 10.6 Å². The molecule has 0 unspecified atom stereocenters. The van der Waals surface area contributed by atoms with Crippen molar-refractivity contribution in [2.75, 3.05) is 5.32 Å². The second kappa shape index (κ2) is 5.61. The van der Waals surface area contributed by atoms with E-state index in [0.717, 1.165) is 20.4 Å². The number of fused-ring (bicyclic) bond motifs is 1. The highest BCUT2D eigenvalue weighted by Crippen LogP contribution is 2.31. The van der Waals surface area contributed by atoms with Crippen molar-refractivity contribution in [2.45, 2.75) is 19.9 Å². The van der Waals surface area contributed by atoms with Gasteiger partial charge in [-0.2, -0.15) is 0 Å². The zero-order chi connectivity index (χ0) is 15.0. The molecule has 0 fully saturated rings. The van der Waals surface area contributed by atoms with Crippen LogP contribution in [-0.2, 0) is 0 Å². The Morgan fingerprint density at radius 3 is 2.67 bits per heavy atom. The molecule has 0 bridgehead atoms. The van der Waals surface area contributed by atoms with Crippen LogP contribution in [-0.4, -0.2) is 16.0 Å². The number of rotatable bonds is 3. The second-order valence-electron chi connectivity index (χ2n) is 5.05. The quantitative estimate of drug-likeness (QED) is 0.731. The van der Waals surface area contributed by atoms with Gasteiger partial charge in [0.25, 0.3) is 5.56 Å². The minimum atomic E-state index is -0.100. The average Bonchev–Trinajstić information content (AvgIpc) is 2.83. The lowest BCUT2D eigenvalue weighted by Gasteiger charge is -2.07. The van der Waals surface area contributed by atoms with Crippen molar-refractivity contribution in [3.8, 4) is 10.4 Å². The first-order valence-electron chi connectivity index (χ1n) is 6.59. The molecule has 0 spiro atoms. The van der Waals surface area contributed by atoms with Crippen LogP contribution in [0.4, 0.5) is 5.95 Å². The summed E-state index contributed by atoms with van der Waals surface area (Å²) >= 11 is 4.89. The molecule has 2 N–H and O–H groups in total. The highest BCUT2D eigenvalue weighted by Gasteiger charge is 2.10. The maximum atomic E-state index is 12.1. The molecule has 21 heavy (non-hydrogen) atoms. The zero-order valence-electron chi connectivity index (χ0n) is 11.6. The van der Waals surface area contributed by atoms with Crippen LogP contribution in [0, 0.1) is 0 Å². The number of hydrogen-bond acceptors (Lipinski definition) is 4. The van der Waals surface area contributed by atoms with Gasteiger partial charge in [-0.15, -0.1) is 11.3 Å². The molecule has 0 saturated heterocycles. The van der Waals surface area contributed by atoms with Gasteiger partial charge in [-0.05, 0) is 37.6 Å². The summed E-state index contributed by atoms with van der Waals surface area (Å²) in [5, 5.41) is 3.13. The summed E-state index contributed by atoms with van der Waals surface area (Å²) in [5.74, 6) is 0.516. The first-order valence-corrected chi connectivity index (χ1v) is 8.20. The molecule has 2 heterocycles. The Labute approximate surface area is 134 Å². The summed E-state index contributed by atoms with van der Waals surface area (Å²) in [5.41, 5.74) is 1.71. The Kier molecular flexibility index (Phi) is 3.82. The van der Waals surface area contributed by atoms with E-state index in [2.05, 4.69) is 31.2 Å². The summed E-state index contributed by atoms with van der Waals surface area (Å²) < 4.78 is 1.69. The van der Waals surface area contributed by atoms with Crippen molar-refractivity contribution >= 4 is 43.4 Å². The molecular formula is C15H14BrN3OS. The summed E-state index contributed by atoms with van der Waals surface area (Å²) in [6.07, 6.45) is 0. The number of aromatic nitrogens is 2. The standard InChI is InChI=1S/C15H14BrN3OS/c1-8(2)17-15-18-11-7-12(21-13(11)14(20)19-15)9-3-5-10(16)6-4-9/h3-8H,1-2H3,(H2,17,18,19,20). The molecule has 3 rings (SSSR count). The van der Waals surface area contributed by atoms with Crippen molar-refractivity contribution < 1.29 is 0 Å². The zero-order valence-corrected chi connectivity index (χ0v) is 14.0. The maximum Gasteiger partial charge on any atom is 0.270 e. The molecule has 0 saturated carbocycles. The molecular weight excluding hydrogens is 350 g/mol. The van der Waals surface area contributed by atoms with Crippen molar-refractivity contribution in [3.63, 3.8) is 0 Å². The first-order chi connectivity index (χ1) is 10.0. The van der Waals surface area contributed by atoms with E-state index in [1.807, 2.05) is 44.2 Å². The number of halogens is 1. The first kappa shape index (κ1) is 14.3. The van der Waals surface area contributed by atoms with Crippen LogP contribution < -0.4 is 10.9 Å². The molecule has 0 aliphatic rings. The van der Waals surface area contributed by atoms with Gasteiger partial charge in [0.05, 0.1) is 5.52 Å².